The number of amides is 1. The number of hydrogen-bond donors (Lipinski definition) is 0. The van der Waals surface area contributed by atoms with Crippen molar-refractivity contribution in [3.05, 3.63) is 23.8 Å². The highest BCUT2D eigenvalue weighted by molar-refractivity contribution is 6.45. The molecule has 0 saturated carbocycles. The summed E-state index contributed by atoms with van der Waals surface area (Å²) in [4.78, 5) is 25.3. The fourth-order valence-electron chi connectivity index (χ4n) is 2.35. The Bertz CT molecular complexity index is 387. The molecule has 2 aliphatic rings. The van der Waals surface area contributed by atoms with E-state index in [4.69, 9.17) is 11.6 Å². The van der Waals surface area contributed by atoms with Crippen molar-refractivity contribution >= 4 is 23.3 Å². The molecule has 1 aliphatic heterocycles. The van der Waals surface area contributed by atoms with Crippen molar-refractivity contribution < 1.29 is 9.59 Å². The molecule has 1 aliphatic carbocycles. The van der Waals surface area contributed by atoms with E-state index < -0.39 is 0 Å². The van der Waals surface area contributed by atoms with Gasteiger partial charge in [0.15, 0.2) is 0 Å². The molecule has 1 atom stereocenters. The summed E-state index contributed by atoms with van der Waals surface area (Å²) in [5.74, 6) is -0.00277. The van der Waals surface area contributed by atoms with Crippen LogP contribution in [0.3, 0.4) is 0 Å². The van der Waals surface area contributed by atoms with Crippen LogP contribution in [0.2, 0.25) is 0 Å². The average molecular weight is 254 g/mol. The van der Waals surface area contributed by atoms with Crippen molar-refractivity contribution in [1.29, 1.82) is 0 Å². The molecule has 0 bridgehead atoms. The molecule has 0 spiro atoms. The number of ketones is 1. The first-order valence-electron chi connectivity index (χ1n) is 6.03. The minimum absolute atomic E-state index is 0.0176. The maximum absolute atomic E-state index is 11.8. The second kappa shape index (κ2) is 5.50. The van der Waals surface area contributed by atoms with Crippen LogP contribution in [0.15, 0.2) is 23.8 Å². The SMILES string of the molecule is O=C1C(=O)N(CCCCCCl)C2CC=CC=C12. The summed E-state index contributed by atoms with van der Waals surface area (Å²) in [5.41, 5.74) is 0.662. The molecule has 0 aromatic rings. The third kappa shape index (κ3) is 2.44. The summed E-state index contributed by atoms with van der Waals surface area (Å²) in [7, 11) is 0. The standard InChI is InChI=1S/C13H16ClNO2/c14-8-4-1-5-9-15-11-7-3-2-6-10(11)12(16)13(15)17/h2-3,6,11H,1,4-5,7-9H2. The minimum Gasteiger partial charge on any atom is -0.328 e. The van der Waals surface area contributed by atoms with Gasteiger partial charge in [0.1, 0.15) is 0 Å². The molecule has 0 aromatic carbocycles. The third-order valence-corrected chi connectivity index (χ3v) is 3.52. The lowest BCUT2D eigenvalue weighted by Crippen LogP contribution is -2.35. The summed E-state index contributed by atoms with van der Waals surface area (Å²) in [6, 6.07) is -0.0176. The second-order valence-electron chi connectivity index (χ2n) is 4.38. The number of nitrogens with zero attached hydrogens (tertiary/aromatic N) is 1. The molecule has 17 heavy (non-hydrogen) atoms. The number of fused-ring (bicyclic) bond motifs is 1. The predicted molar refractivity (Wildman–Crippen MR) is 66.9 cm³/mol. The molecule has 1 amide bonds. The predicted octanol–water partition coefficient (Wildman–Crippen LogP) is 2.06. The van der Waals surface area contributed by atoms with E-state index >= 15 is 0 Å². The van der Waals surface area contributed by atoms with Gasteiger partial charge in [-0.15, -0.1) is 11.6 Å². The van der Waals surface area contributed by atoms with Gasteiger partial charge in [-0.1, -0.05) is 24.6 Å². The monoisotopic (exact) mass is 253 g/mol. The van der Waals surface area contributed by atoms with Gasteiger partial charge in [0.25, 0.3) is 5.91 Å². The molecule has 0 radical (unpaired) electrons. The van der Waals surface area contributed by atoms with Crippen LogP contribution in [0.4, 0.5) is 0 Å². The van der Waals surface area contributed by atoms with Gasteiger partial charge < -0.3 is 4.90 Å². The van der Waals surface area contributed by atoms with Crippen LogP contribution in [-0.4, -0.2) is 35.1 Å². The number of rotatable bonds is 5. The molecule has 1 unspecified atom stereocenters. The normalized spacial score (nSPS) is 23.0. The van der Waals surface area contributed by atoms with E-state index in [1.807, 2.05) is 12.2 Å². The minimum atomic E-state index is -0.337. The average Bonchev–Trinajstić information content (AvgIpc) is 2.60. The maximum atomic E-state index is 11.8. The van der Waals surface area contributed by atoms with Gasteiger partial charge in [0, 0.05) is 18.0 Å². The van der Waals surface area contributed by atoms with Crippen molar-refractivity contribution in [2.75, 3.05) is 12.4 Å². The van der Waals surface area contributed by atoms with E-state index in [0.717, 1.165) is 25.7 Å². The van der Waals surface area contributed by atoms with Crippen LogP contribution in [0.1, 0.15) is 25.7 Å². The molecule has 92 valence electrons. The smallest absolute Gasteiger partial charge is 0.295 e. The zero-order chi connectivity index (χ0) is 12.3. The van der Waals surface area contributed by atoms with Gasteiger partial charge in [-0.25, -0.2) is 0 Å². The molecule has 4 heteroatoms. The fraction of sp³-hybridized carbons (Fsp3) is 0.538. The van der Waals surface area contributed by atoms with Crippen LogP contribution >= 0.6 is 11.6 Å². The molecule has 0 aromatic heterocycles. The summed E-state index contributed by atoms with van der Waals surface area (Å²) < 4.78 is 0. The van der Waals surface area contributed by atoms with E-state index in [1.165, 1.54) is 0 Å². The lowest BCUT2D eigenvalue weighted by Gasteiger charge is -2.24. The topological polar surface area (TPSA) is 37.4 Å². The first-order chi connectivity index (χ1) is 8.25. The Morgan fingerprint density at radius 2 is 2.12 bits per heavy atom. The molecule has 0 N–H and O–H groups in total. The molecular weight excluding hydrogens is 238 g/mol. The van der Waals surface area contributed by atoms with Gasteiger partial charge in [0.2, 0.25) is 5.78 Å². The largest absolute Gasteiger partial charge is 0.328 e. The summed E-state index contributed by atoms with van der Waals surface area (Å²) in [6.45, 7) is 0.664. The van der Waals surface area contributed by atoms with Gasteiger partial charge in [-0.3, -0.25) is 9.59 Å². The zero-order valence-corrected chi connectivity index (χ0v) is 10.4. The molecule has 2 rings (SSSR count). The van der Waals surface area contributed by atoms with Crippen LogP contribution in [0.5, 0.6) is 0 Å². The third-order valence-electron chi connectivity index (χ3n) is 3.26. The molecule has 1 heterocycles. The molecule has 1 fully saturated rings. The Morgan fingerprint density at radius 1 is 1.29 bits per heavy atom. The van der Waals surface area contributed by atoms with Crippen molar-refractivity contribution in [3.8, 4) is 0 Å². The van der Waals surface area contributed by atoms with E-state index in [-0.39, 0.29) is 17.7 Å². The Labute approximate surface area is 106 Å². The van der Waals surface area contributed by atoms with E-state index in [1.54, 1.807) is 11.0 Å². The number of likely N-dealkylation sites (tertiary alicyclic amines) is 1. The number of unbranched alkanes of at least 4 members (excludes halogenated alkanes) is 2. The number of Topliss-reactive ketones (excluding diaryl/α,β-unsaturated/α-hetero) is 1. The Balaban J connectivity index is 1.98. The molecule has 1 saturated heterocycles. The first-order valence-corrected chi connectivity index (χ1v) is 6.57. The Hall–Kier alpha value is -1.09. The van der Waals surface area contributed by atoms with Crippen molar-refractivity contribution in [2.24, 2.45) is 0 Å². The quantitative estimate of drug-likeness (QED) is 0.427. The van der Waals surface area contributed by atoms with Crippen molar-refractivity contribution in [2.45, 2.75) is 31.7 Å². The number of halogens is 1. The van der Waals surface area contributed by atoms with E-state index in [0.29, 0.717) is 18.0 Å². The highest BCUT2D eigenvalue weighted by atomic mass is 35.5. The second-order valence-corrected chi connectivity index (χ2v) is 4.76. The lowest BCUT2D eigenvalue weighted by molar-refractivity contribution is -0.139. The van der Waals surface area contributed by atoms with Crippen molar-refractivity contribution in [1.82, 2.24) is 4.90 Å². The Kier molecular flexibility index (Phi) is 4.00. The molecular formula is C13H16ClNO2. The Morgan fingerprint density at radius 3 is 2.88 bits per heavy atom. The highest BCUT2D eigenvalue weighted by Gasteiger charge is 2.42. The lowest BCUT2D eigenvalue weighted by atomic mass is 9.99. The van der Waals surface area contributed by atoms with Crippen LogP contribution in [0, 0.1) is 0 Å². The summed E-state index contributed by atoms with van der Waals surface area (Å²) in [5, 5.41) is 0. The number of hydrogen-bond acceptors (Lipinski definition) is 2. The van der Waals surface area contributed by atoms with Gasteiger partial charge in [-0.05, 0) is 19.3 Å². The highest BCUT2D eigenvalue weighted by Crippen LogP contribution is 2.28. The number of allylic oxidation sites excluding steroid dienone is 2. The zero-order valence-electron chi connectivity index (χ0n) is 9.69. The van der Waals surface area contributed by atoms with E-state index in [2.05, 4.69) is 0 Å². The summed E-state index contributed by atoms with van der Waals surface area (Å²) >= 11 is 5.61. The first kappa shape index (κ1) is 12.4. The fourth-order valence-corrected chi connectivity index (χ4v) is 2.53. The van der Waals surface area contributed by atoms with E-state index in [9.17, 15) is 9.59 Å². The van der Waals surface area contributed by atoms with Gasteiger partial charge >= 0.3 is 0 Å². The van der Waals surface area contributed by atoms with Crippen molar-refractivity contribution in [3.63, 3.8) is 0 Å². The maximum Gasteiger partial charge on any atom is 0.295 e. The van der Waals surface area contributed by atoms with Crippen LogP contribution < -0.4 is 0 Å². The summed E-state index contributed by atoms with van der Waals surface area (Å²) in [6.07, 6.45) is 9.28. The number of carbonyl (C=O) groups is 2. The van der Waals surface area contributed by atoms with Crippen LogP contribution in [0.25, 0.3) is 0 Å². The van der Waals surface area contributed by atoms with Crippen LogP contribution in [-0.2, 0) is 9.59 Å². The van der Waals surface area contributed by atoms with Gasteiger partial charge in [0.05, 0.1) is 6.04 Å². The van der Waals surface area contributed by atoms with Gasteiger partial charge in [-0.2, -0.15) is 0 Å². The number of carbonyl (C=O) groups excluding carboxylic acids is 2. The number of alkyl halides is 1. The molecule has 3 nitrogen and oxygen atoms in total.